The number of rotatable bonds is 5. The van der Waals surface area contributed by atoms with E-state index >= 15 is 0 Å². The number of carbonyl (C=O) groups is 1. The molecule has 5 nitrogen and oxygen atoms in total. The Kier molecular flexibility index (Phi) is 5.07. The Balaban J connectivity index is 1.97. The molecule has 3 rings (SSSR count). The van der Waals surface area contributed by atoms with Crippen molar-refractivity contribution in [3.63, 3.8) is 0 Å². The summed E-state index contributed by atoms with van der Waals surface area (Å²) in [6.45, 7) is 3.92. The van der Waals surface area contributed by atoms with E-state index in [0.717, 1.165) is 28.3 Å². The number of aryl methyl sites for hydroxylation is 3. The Morgan fingerprint density at radius 2 is 1.88 bits per heavy atom. The lowest BCUT2D eigenvalue weighted by molar-refractivity contribution is 0.0940. The summed E-state index contributed by atoms with van der Waals surface area (Å²) < 4.78 is 7.15. The minimum absolute atomic E-state index is 0.116. The first kappa shape index (κ1) is 17.7. The van der Waals surface area contributed by atoms with Crippen molar-refractivity contribution in [2.45, 2.75) is 19.9 Å². The summed E-state index contributed by atoms with van der Waals surface area (Å²) in [5.74, 6) is 1.43. The Morgan fingerprint density at radius 3 is 2.50 bits per heavy atom. The second-order valence-electron chi connectivity index (χ2n) is 6.39. The fourth-order valence-electron chi connectivity index (χ4n) is 2.94. The molecule has 1 N–H and O–H groups in total. The van der Waals surface area contributed by atoms with E-state index in [9.17, 15) is 4.79 Å². The van der Waals surface area contributed by atoms with Crippen molar-refractivity contribution in [2.24, 2.45) is 7.05 Å². The van der Waals surface area contributed by atoms with Gasteiger partial charge in [0.25, 0.3) is 5.91 Å². The molecule has 0 bridgehead atoms. The molecule has 0 spiro atoms. The maximum atomic E-state index is 13.0. The lowest BCUT2D eigenvalue weighted by Gasteiger charge is -2.20. The van der Waals surface area contributed by atoms with Crippen molar-refractivity contribution in [1.82, 2.24) is 14.9 Å². The van der Waals surface area contributed by atoms with Crippen molar-refractivity contribution in [3.05, 3.63) is 82.9 Å². The lowest BCUT2D eigenvalue weighted by Crippen LogP contribution is -2.31. The number of methoxy groups -OCH3 is 1. The van der Waals surface area contributed by atoms with Crippen molar-refractivity contribution >= 4 is 5.91 Å². The SMILES string of the molecule is COc1ccc(C(NC(=O)c2cc(C)ccc2C)c2nccn2C)cc1. The van der Waals surface area contributed by atoms with Crippen LogP contribution in [0.4, 0.5) is 0 Å². The van der Waals surface area contributed by atoms with Gasteiger partial charge in [0, 0.05) is 25.0 Å². The van der Waals surface area contributed by atoms with Crippen LogP contribution in [0.15, 0.2) is 54.9 Å². The second kappa shape index (κ2) is 7.44. The maximum absolute atomic E-state index is 13.0. The molecule has 1 heterocycles. The molecular formula is C21H23N3O2. The molecule has 0 aliphatic heterocycles. The van der Waals surface area contributed by atoms with Gasteiger partial charge in [-0.1, -0.05) is 29.8 Å². The highest BCUT2D eigenvalue weighted by Gasteiger charge is 2.22. The first-order valence-electron chi connectivity index (χ1n) is 8.49. The van der Waals surface area contributed by atoms with E-state index in [2.05, 4.69) is 10.3 Å². The summed E-state index contributed by atoms with van der Waals surface area (Å²) in [5, 5.41) is 3.14. The van der Waals surface area contributed by atoms with E-state index in [-0.39, 0.29) is 11.9 Å². The number of ether oxygens (including phenoxy) is 1. The molecular weight excluding hydrogens is 326 g/mol. The van der Waals surface area contributed by atoms with Crippen LogP contribution in [0.3, 0.4) is 0 Å². The minimum atomic E-state index is -0.353. The summed E-state index contributed by atoms with van der Waals surface area (Å²) in [7, 11) is 3.55. The van der Waals surface area contributed by atoms with Crippen molar-refractivity contribution in [3.8, 4) is 5.75 Å². The summed E-state index contributed by atoms with van der Waals surface area (Å²) >= 11 is 0. The van der Waals surface area contributed by atoms with E-state index < -0.39 is 0 Å². The third kappa shape index (κ3) is 3.61. The summed E-state index contributed by atoms with van der Waals surface area (Å²) in [4.78, 5) is 17.4. The number of amides is 1. The number of hydrogen-bond acceptors (Lipinski definition) is 3. The molecule has 1 unspecified atom stereocenters. The first-order valence-corrected chi connectivity index (χ1v) is 8.49. The van der Waals surface area contributed by atoms with Gasteiger partial charge in [-0.25, -0.2) is 4.98 Å². The van der Waals surface area contributed by atoms with Gasteiger partial charge in [-0.15, -0.1) is 0 Å². The first-order chi connectivity index (χ1) is 12.5. The van der Waals surface area contributed by atoms with Crippen LogP contribution in [-0.4, -0.2) is 22.6 Å². The second-order valence-corrected chi connectivity index (χ2v) is 6.39. The smallest absolute Gasteiger partial charge is 0.252 e. The molecule has 26 heavy (non-hydrogen) atoms. The molecule has 134 valence electrons. The Hall–Kier alpha value is -3.08. The predicted molar refractivity (Wildman–Crippen MR) is 101 cm³/mol. The molecule has 0 fully saturated rings. The average Bonchev–Trinajstić information content (AvgIpc) is 3.07. The molecule has 2 aromatic carbocycles. The summed E-state index contributed by atoms with van der Waals surface area (Å²) in [6.07, 6.45) is 3.60. The van der Waals surface area contributed by atoms with Gasteiger partial charge in [0.05, 0.1) is 7.11 Å². The molecule has 5 heteroatoms. The molecule has 0 saturated heterocycles. The van der Waals surface area contributed by atoms with Gasteiger partial charge in [-0.3, -0.25) is 4.79 Å². The van der Waals surface area contributed by atoms with E-state index in [1.54, 1.807) is 13.3 Å². The Morgan fingerprint density at radius 1 is 1.15 bits per heavy atom. The molecule has 0 saturated carbocycles. The zero-order valence-electron chi connectivity index (χ0n) is 15.5. The lowest BCUT2D eigenvalue weighted by atomic mass is 10.0. The van der Waals surface area contributed by atoms with E-state index in [0.29, 0.717) is 5.56 Å². The van der Waals surface area contributed by atoms with Crippen LogP contribution in [0.5, 0.6) is 5.75 Å². The van der Waals surface area contributed by atoms with Gasteiger partial charge in [-0.2, -0.15) is 0 Å². The van der Waals surface area contributed by atoms with Crippen molar-refractivity contribution in [2.75, 3.05) is 7.11 Å². The van der Waals surface area contributed by atoms with Gasteiger partial charge in [0.1, 0.15) is 17.6 Å². The van der Waals surface area contributed by atoms with Gasteiger partial charge in [-0.05, 0) is 43.2 Å². The molecule has 0 radical (unpaired) electrons. The van der Waals surface area contributed by atoms with Crippen molar-refractivity contribution in [1.29, 1.82) is 0 Å². The fraction of sp³-hybridized carbons (Fsp3) is 0.238. The number of aromatic nitrogens is 2. The topological polar surface area (TPSA) is 56.1 Å². The quantitative estimate of drug-likeness (QED) is 0.766. The van der Waals surface area contributed by atoms with Gasteiger partial charge in [0.2, 0.25) is 0 Å². The number of hydrogen-bond donors (Lipinski definition) is 1. The number of imidazole rings is 1. The van der Waals surface area contributed by atoms with E-state index in [1.807, 2.05) is 74.1 Å². The average molecular weight is 349 g/mol. The minimum Gasteiger partial charge on any atom is -0.497 e. The highest BCUT2D eigenvalue weighted by Crippen LogP contribution is 2.24. The van der Waals surface area contributed by atoms with Crippen LogP contribution in [0.1, 0.15) is 38.9 Å². The van der Waals surface area contributed by atoms with E-state index in [1.165, 1.54) is 0 Å². The number of benzene rings is 2. The third-order valence-electron chi connectivity index (χ3n) is 4.48. The van der Waals surface area contributed by atoms with Crippen molar-refractivity contribution < 1.29 is 9.53 Å². The zero-order chi connectivity index (χ0) is 18.7. The van der Waals surface area contributed by atoms with Crippen LogP contribution in [-0.2, 0) is 7.05 Å². The molecule has 1 atom stereocenters. The number of nitrogens with zero attached hydrogens (tertiary/aromatic N) is 2. The Bertz CT molecular complexity index is 913. The number of nitrogens with one attached hydrogen (secondary N) is 1. The van der Waals surface area contributed by atoms with Gasteiger partial charge >= 0.3 is 0 Å². The van der Waals surface area contributed by atoms with Crippen LogP contribution in [0.2, 0.25) is 0 Å². The highest BCUT2D eigenvalue weighted by atomic mass is 16.5. The van der Waals surface area contributed by atoms with Crippen LogP contribution >= 0.6 is 0 Å². The molecule has 3 aromatic rings. The molecule has 1 amide bonds. The Labute approximate surface area is 153 Å². The maximum Gasteiger partial charge on any atom is 0.252 e. The largest absolute Gasteiger partial charge is 0.497 e. The predicted octanol–water partition coefficient (Wildman–Crippen LogP) is 3.56. The fourth-order valence-corrected chi connectivity index (χ4v) is 2.94. The van der Waals surface area contributed by atoms with E-state index in [4.69, 9.17) is 4.74 Å². The normalized spacial score (nSPS) is 11.8. The standard InChI is InChI=1S/C21H23N3O2/c1-14-5-6-15(2)18(13-14)21(25)23-19(20-22-11-12-24(20)3)16-7-9-17(26-4)10-8-16/h5-13,19H,1-4H3,(H,23,25). The van der Waals surface area contributed by atoms with Gasteiger partial charge in [0.15, 0.2) is 0 Å². The van der Waals surface area contributed by atoms with Crippen LogP contribution in [0.25, 0.3) is 0 Å². The monoisotopic (exact) mass is 349 g/mol. The molecule has 0 aliphatic carbocycles. The number of carbonyl (C=O) groups excluding carboxylic acids is 1. The van der Waals surface area contributed by atoms with Crippen LogP contribution in [0, 0.1) is 13.8 Å². The van der Waals surface area contributed by atoms with Crippen LogP contribution < -0.4 is 10.1 Å². The highest BCUT2D eigenvalue weighted by molar-refractivity contribution is 5.96. The summed E-state index contributed by atoms with van der Waals surface area (Å²) in [5.41, 5.74) is 3.62. The zero-order valence-corrected chi connectivity index (χ0v) is 15.5. The summed E-state index contributed by atoms with van der Waals surface area (Å²) in [6, 6.07) is 13.2. The van der Waals surface area contributed by atoms with Gasteiger partial charge < -0.3 is 14.6 Å². The molecule has 1 aromatic heterocycles. The molecule has 0 aliphatic rings. The third-order valence-corrected chi connectivity index (χ3v) is 4.48.